The Hall–Kier alpha value is -2.99. The summed E-state index contributed by atoms with van der Waals surface area (Å²) in [6.07, 6.45) is -4.90. The van der Waals surface area contributed by atoms with Crippen molar-refractivity contribution in [2.24, 2.45) is 0 Å². The number of sulfonamides is 1. The molecule has 41 heavy (non-hydrogen) atoms. The molecule has 0 aliphatic rings. The van der Waals surface area contributed by atoms with Crippen LogP contribution in [0.25, 0.3) is 0 Å². The van der Waals surface area contributed by atoms with E-state index in [1.165, 1.54) is 56.4 Å². The first-order valence-electron chi connectivity index (χ1n) is 12.0. The highest BCUT2D eigenvalue weighted by Crippen LogP contribution is 2.38. The zero-order valence-corrected chi connectivity index (χ0v) is 25.1. The van der Waals surface area contributed by atoms with Gasteiger partial charge in [-0.1, -0.05) is 58.6 Å². The predicted molar refractivity (Wildman–Crippen MR) is 153 cm³/mol. The molecule has 220 valence electrons. The molecule has 0 fully saturated rings. The standard InChI is InChI=1S/C27H25Cl3F3N3O4S/c1-16-4-9-21(10-5-16)41(39,40)36(20-8-11-23(29)22(13-20)27(31,32)33)15-25(37)35(17(2)26(38)34-3)14-18-6-7-19(28)12-24(18)30/h4-13,17H,14-15H2,1-3H3,(H,34,38)/t17-/m0/s1. The van der Waals surface area contributed by atoms with Gasteiger partial charge in [-0.3, -0.25) is 13.9 Å². The number of nitrogens with one attached hydrogen (secondary N) is 1. The Balaban J connectivity index is 2.14. The molecule has 0 unspecified atom stereocenters. The fraction of sp³-hybridized carbons (Fsp3) is 0.259. The van der Waals surface area contributed by atoms with E-state index in [0.29, 0.717) is 21.0 Å². The van der Waals surface area contributed by atoms with E-state index in [4.69, 9.17) is 34.8 Å². The number of rotatable bonds is 9. The summed E-state index contributed by atoms with van der Waals surface area (Å²) >= 11 is 18.0. The van der Waals surface area contributed by atoms with Crippen LogP contribution < -0.4 is 9.62 Å². The van der Waals surface area contributed by atoms with Crippen molar-refractivity contribution < 1.29 is 31.2 Å². The van der Waals surface area contributed by atoms with Crippen LogP contribution >= 0.6 is 34.8 Å². The fourth-order valence-electron chi connectivity index (χ4n) is 3.88. The molecule has 0 saturated carbocycles. The number of carbonyl (C=O) groups excluding carboxylic acids is 2. The van der Waals surface area contributed by atoms with E-state index in [9.17, 15) is 31.2 Å². The highest BCUT2D eigenvalue weighted by atomic mass is 35.5. The van der Waals surface area contributed by atoms with Gasteiger partial charge in [-0.2, -0.15) is 13.2 Å². The number of benzene rings is 3. The number of nitrogens with zero attached hydrogens (tertiary/aromatic N) is 2. The number of likely N-dealkylation sites (N-methyl/N-ethyl adjacent to an activating group) is 1. The molecular formula is C27H25Cl3F3N3O4S. The zero-order chi connectivity index (χ0) is 30.7. The number of anilines is 1. The average molecular weight is 651 g/mol. The van der Waals surface area contributed by atoms with E-state index in [-0.39, 0.29) is 16.5 Å². The van der Waals surface area contributed by atoms with Crippen molar-refractivity contribution in [3.8, 4) is 0 Å². The maximum absolute atomic E-state index is 13.8. The van der Waals surface area contributed by atoms with E-state index in [1.807, 2.05) is 0 Å². The van der Waals surface area contributed by atoms with Crippen LogP contribution in [0.5, 0.6) is 0 Å². The van der Waals surface area contributed by atoms with Crippen molar-refractivity contribution in [3.05, 3.63) is 92.4 Å². The monoisotopic (exact) mass is 649 g/mol. The third-order valence-electron chi connectivity index (χ3n) is 6.20. The van der Waals surface area contributed by atoms with E-state index in [1.54, 1.807) is 6.92 Å². The number of hydrogen-bond donors (Lipinski definition) is 1. The Morgan fingerprint density at radius 3 is 2.15 bits per heavy atom. The molecule has 1 atom stereocenters. The summed E-state index contributed by atoms with van der Waals surface area (Å²) in [5, 5.41) is 2.30. The Morgan fingerprint density at radius 1 is 0.951 bits per heavy atom. The van der Waals surface area contributed by atoms with E-state index in [0.717, 1.165) is 22.6 Å². The first kappa shape index (κ1) is 32.5. The topological polar surface area (TPSA) is 86.8 Å². The number of amides is 2. The lowest BCUT2D eigenvalue weighted by molar-refractivity contribution is -0.139. The summed E-state index contributed by atoms with van der Waals surface area (Å²) in [5.41, 5.74) is -0.591. The Bertz CT molecular complexity index is 1550. The number of carbonyl (C=O) groups is 2. The van der Waals surface area contributed by atoms with Gasteiger partial charge in [0.05, 0.1) is 21.2 Å². The first-order valence-corrected chi connectivity index (χ1v) is 14.5. The van der Waals surface area contributed by atoms with Crippen molar-refractivity contribution in [2.75, 3.05) is 17.9 Å². The highest BCUT2D eigenvalue weighted by Gasteiger charge is 2.37. The minimum Gasteiger partial charge on any atom is -0.357 e. The Kier molecular flexibility index (Phi) is 10.2. The molecule has 3 aromatic carbocycles. The molecule has 0 heterocycles. The molecule has 0 aliphatic heterocycles. The van der Waals surface area contributed by atoms with Crippen molar-refractivity contribution in [1.82, 2.24) is 10.2 Å². The lowest BCUT2D eigenvalue weighted by Gasteiger charge is -2.32. The van der Waals surface area contributed by atoms with Crippen LogP contribution in [0.1, 0.15) is 23.6 Å². The molecule has 2 amide bonds. The lowest BCUT2D eigenvalue weighted by Crippen LogP contribution is -2.50. The van der Waals surface area contributed by atoms with Crippen LogP contribution in [0.15, 0.2) is 65.6 Å². The summed E-state index contributed by atoms with van der Waals surface area (Å²) in [6, 6.07) is 11.5. The molecule has 3 aromatic rings. The number of halogens is 6. The molecule has 0 saturated heterocycles. The molecule has 0 aromatic heterocycles. The third-order valence-corrected chi connectivity index (χ3v) is 8.91. The van der Waals surface area contributed by atoms with E-state index < -0.39 is 56.9 Å². The maximum Gasteiger partial charge on any atom is 0.417 e. The van der Waals surface area contributed by atoms with Crippen molar-refractivity contribution >= 4 is 62.3 Å². The summed E-state index contributed by atoms with van der Waals surface area (Å²) in [5.74, 6) is -1.45. The SMILES string of the molecule is CNC(=O)[C@H](C)N(Cc1ccc(Cl)cc1Cl)C(=O)CN(c1ccc(Cl)c(C(F)(F)F)c1)S(=O)(=O)c1ccc(C)cc1. The van der Waals surface area contributed by atoms with E-state index in [2.05, 4.69) is 5.32 Å². The fourth-order valence-corrected chi connectivity index (χ4v) is 5.98. The normalized spacial score (nSPS) is 12.5. The van der Waals surface area contributed by atoms with Gasteiger partial charge in [-0.25, -0.2) is 8.42 Å². The van der Waals surface area contributed by atoms with Crippen molar-refractivity contribution in [1.29, 1.82) is 0 Å². The van der Waals surface area contributed by atoms with Gasteiger partial charge in [0.15, 0.2) is 0 Å². The molecule has 1 N–H and O–H groups in total. The second-order valence-corrected chi connectivity index (χ2v) is 12.1. The predicted octanol–water partition coefficient (Wildman–Crippen LogP) is 6.33. The van der Waals surface area contributed by atoms with Crippen molar-refractivity contribution in [3.63, 3.8) is 0 Å². The van der Waals surface area contributed by atoms with Gasteiger partial charge >= 0.3 is 6.18 Å². The number of hydrogen-bond acceptors (Lipinski definition) is 4. The summed E-state index contributed by atoms with van der Waals surface area (Å²) in [7, 11) is -3.22. The molecule has 0 bridgehead atoms. The van der Waals surface area contributed by atoms with Crippen LogP contribution in [0.2, 0.25) is 15.1 Å². The first-order chi connectivity index (χ1) is 19.1. The third kappa shape index (κ3) is 7.65. The minimum absolute atomic E-state index is 0.191. The second kappa shape index (κ2) is 12.9. The van der Waals surface area contributed by atoms with Crippen LogP contribution in [0, 0.1) is 6.92 Å². The quantitative estimate of drug-likeness (QED) is 0.293. The smallest absolute Gasteiger partial charge is 0.357 e. The van der Waals surface area contributed by atoms with Gasteiger partial charge in [-0.15, -0.1) is 0 Å². The van der Waals surface area contributed by atoms with Crippen LogP contribution in [0.4, 0.5) is 18.9 Å². The van der Waals surface area contributed by atoms with Gasteiger partial charge in [0.2, 0.25) is 11.8 Å². The molecule has 3 rings (SSSR count). The summed E-state index contributed by atoms with van der Waals surface area (Å²) < 4.78 is 69.2. The van der Waals surface area contributed by atoms with Crippen LogP contribution in [-0.2, 0) is 32.3 Å². The summed E-state index contributed by atoms with van der Waals surface area (Å²) in [6.45, 7) is 1.98. The highest BCUT2D eigenvalue weighted by molar-refractivity contribution is 7.92. The Morgan fingerprint density at radius 2 is 1.59 bits per heavy atom. The van der Waals surface area contributed by atoms with Crippen LogP contribution in [0.3, 0.4) is 0 Å². The minimum atomic E-state index is -4.90. The van der Waals surface area contributed by atoms with E-state index >= 15 is 0 Å². The molecule has 0 radical (unpaired) electrons. The maximum atomic E-state index is 13.8. The summed E-state index contributed by atoms with van der Waals surface area (Å²) in [4.78, 5) is 27.1. The average Bonchev–Trinajstić information content (AvgIpc) is 2.90. The zero-order valence-electron chi connectivity index (χ0n) is 22.0. The number of aryl methyl sites for hydroxylation is 1. The van der Waals surface area contributed by atoms with Gasteiger partial charge in [0, 0.05) is 23.6 Å². The van der Waals surface area contributed by atoms with Gasteiger partial charge in [-0.05, 0) is 61.9 Å². The lowest BCUT2D eigenvalue weighted by atomic mass is 10.1. The molecule has 7 nitrogen and oxygen atoms in total. The largest absolute Gasteiger partial charge is 0.417 e. The molecule has 0 aliphatic carbocycles. The van der Waals surface area contributed by atoms with Gasteiger partial charge < -0.3 is 10.2 Å². The van der Waals surface area contributed by atoms with Crippen molar-refractivity contribution in [2.45, 2.75) is 37.5 Å². The Labute approximate surface area is 250 Å². The van der Waals surface area contributed by atoms with Gasteiger partial charge in [0.25, 0.3) is 10.0 Å². The second-order valence-electron chi connectivity index (χ2n) is 9.03. The molecule has 0 spiro atoms. The van der Waals surface area contributed by atoms with Gasteiger partial charge in [0.1, 0.15) is 12.6 Å². The molecular weight excluding hydrogens is 626 g/mol. The number of alkyl halides is 3. The molecule has 14 heteroatoms. The van der Waals surface area contributed by atoms with Crippen LogP contribution in [-0.4, -0.2) is 44.8 Å².